The Hall–Kier alpha value is -2.06. The zero-order chi connectivity index (χ0) is 19.3. The highest BCUT2D eigenvalue weighted by Crippen LogP contribution is 2.27. The average Bonchev–Trinajstić information content (AvgIpc) is 2.53. The van der Waals surface area contributed by atoms with Gasteiger partial charge in [-0.1, -0.05) is 34.8 Å². The Labute approximate surface area is 169 Å². The van der Waals surface area contributed by atoms with Gasteiger partial charge in [-0.3, -0.25) is 10.1 Å². The van der Waals surface area contributed by atoms with Gasteiger partial charge in [-0.2, -0.15) is 0 Å². The molecule has 0 radical (unpaired) electrons. The van der Waals surface area contributed by atoms with Gasteiger partial charge >= 0.3 is 5.97 Å². The van der Waals surface area contributed by atoms with Crippen LogP contribution in [0.5, 0.6) is 5.75 Å². The summed E-state index contributed by atoms with van der Waals surface area (Å²) in [6.07, 6.45) is 0. The Kier molecular flexibility index (Phi) is 7.05. The molecular weight excluding hydrogens is 423 g/mol. The van der Waals surface area contributed by atoms with Crippen LogP contribution in [0.15, 0.2) is 36.4 Å². The van der Waals surface area contributed by atoms with E-state index in [9.17, 15) is 9.59 Å². The second kappa shape index (κ2) is 9.05. The number of anilines is 1. The van der Waals surface area contributed by atoms with Crippen LogP contribution in [0, 0.1) is 0 Å². The lowest BCUT2D eigenvalue weighted by molar-refractivity contribution is -0.121. The Balaban J connectivity index is 1.88. The van der Waals surface area contributed by atoms with E-state index in [1.54, 1.807) is 12.1 Å². The number of hydrogen-bond acceptors (Lipinski definition) is 4. The molecule has 0 atom stereocenters. The number of rotatable bonds is 5. The summed E-state index contributed by atoms with van der Waals surface area (Å²) in [4.78, 5) is 22.8. The van der Waals surface area contributed by atoms with E-state index in [-0.39, 0.29) is 27.3 Å². The van der Waals surface area contributed by atoms with Gasteiger partial charge < -0.3 is 15.2 Å². The number of aromatic carboxylic acids is 1. The number of carbonyl (C=O) groups is 2. The molecule has 1 amide bonds. The Morgan fingerprint density at radius 3 is 2.42 bits per heavy atom. The number of nitrogens with one attached hydrogen (secondary N) is 2. The van der Waals surface area contributed by atoms with Gasteiger partial charge in [0.2, 0.25) is 0 Å². The van der Waals surface area contributed by atoms with Crippen LogP contribution in [0.25, 0.3) is 0 Å². The first-order valence-corrected chi connectivity index (χ1v) is 8.52. The van der Waals surface area contributed by atoms with E-state index in [0.29, 0.717) is 16.5 Å². The smallest absolute Gasteiger partial charge is 0.337 e. The summed E-state index contributed by atoms with van der Waals surface area (Å²) in [5, 5.41) is 14.8. The van der Waals surface area contributed by atoms with Crippen molar-refractivity contribution in [1.29, 1.82) is 0 Å². The number of carbonyl (C=O) groups excluding carboxylic acids is 1. The Morgan fingerprint density at radius 2 is 1.81 bits per heavy atom. The highest BCUT2D eigenvalue weighted by Gasteiger charge is 2.11. The molecular formula is C16H11Cl3N2O4S. The molecule has 2 aromatic carbocycles. The molecule has 2 aromatic rings. The van der Waals surface area contributed by atoms with Crippen LogP contribution in [-0.4, -0.2) is 28.7 Å². The Morgan fingerprint density at radius 1 is 1.08 bits per heavy atom. The molecule has 2 rings (SSSR count). The van der Waals surface area contributed by atoms with Gasteiger partial charge in [0, 0.05) is 10.7 Å². The molecule has 0 aliphatic carbocycles. The van der Waals surface area contributed by atoms with Crippen molar-refractivity contribution in [1.82, 2.24) is 5.32 Å². The Bertz CT molecular complexity index is 877. The maximum atomic E-state index is 11.9. The van der Waals surface area contributed by atoms with Crippen LogP contribution in [0.2, 0.25) is 15.1 Å². The molecule has 0 aliphatic heterocycles. The summed E-state index contributed by atoms with van der Waals surface area (Å²) in [5.41, 5.74) is 0.382. The predicted molar refractivity (Wildman–Crippen MR) is 105 cm³/mol. The summed E-state index contributed by atoms with van der Waals surface area (Å²) in [7, 11) is 0. The SMILES string of the molecule is O=C(COc1ccc(Cl)cc1Cl)NC(=S)Nc1ccc(C(=O)O)c(Cl)c1. The minimum atomic E-state index is -1.14. The lowest BCUT2D eigenvalue weighted by Crippen LogP contribution is -2.37. The van der Waals surface area contributed by atoms with Crippen LogP contribution in [0.3, 0.4) is 0 Å². The topological polar surface area (TPSA) is 87.7 Å². The first-order chi connectivity index (χ1) is 12.3. The lowest BCUT2D eigenvalue weighted by atomic mass is 10.2. The summed E-state index contributed by atoms with van der Waals surface area (Å²) in [6, 6.07) is 8.79. The van der Waals surface area contributed by atoms with Crippen LogP contribution in [0.1, 0.15) is 10.4 Å². The fraction of sp³-hybridized carbons (Fsp3) is 0.0625. The van der Waals surface area contributed by atoms with Gasteiger partial charge in [0.25, 0.3) is 5.91 Å². The van der Waals surface area contributed by atoms with Crippen LogP contribution in [0.4, 0.5) is 5.69 Å². The normalized spacial score (nSPS) is 10.1. The van der Waals surface area contributed by atoms with Crippen molar-refractivity contribution in [3.8, 4) is 5.75 Å². The van der Waals surface area contributed by atoms with Crippen LogP contribution < -0.4 is 15.4 Å². The summed E-state index contributed by atoms with van der Waals surface area (Å²) >= 11 is 22.6. The highest BCUT2D eigenvalue weighted by atomic mass is 35.5. The number of amides is 1. The van der Waals surface area contributed by atoms with E-state index in [1.165, 1.54) is 24.3 Å². The van der Waals surface area contributed by atoms with E-state index in [2.05, 4.69) is 10.6 Å². The van der Waals surface area contributed by atoms with Gasteiger partial charge in [0.15, 0.2) is 11.7 Å². The maximum Gasteiger partial charge on any atom is 0.337 e. The molecule has 26 heavy (non-hydrogen) atoms. The van der Waals surface area contributed by atoms with Crippen molar-refractivity contribution in [2.45, 2.75) is 0 Å². The number of halogens is 3. The molecule has 0 aliphatic rings. The van der Waals surface area contributed by atoms with Crippen molar-refractivity contribution in [2.75, 3.05) is 11.9 Å². The van der Waals surface area contributed by atoms with E-state index < -0.39 is 11.9 Å². The highest BCUT2D eigenvalue weighted by molar-refractivity contribution is 7.80. The molecule has 10 heteroatoms. The number of benzene rings is 2. The maximum absolute atomic E-state index is 11.9. The molecule has 0 spiro atoms. The second-order valence-electron chi connectivity index (χ2n) is 4.87. The molecule has 136 valence electrons. The molecule has 0 saturated heterocycles. The van der Waals surface area contributed by atoms with Crippen molar-refractivity contribution in [3.63, 3.8) is 0 Å². The van der Waals surface area contributed by atoms with Gasteiger partial charge in [0.05, 0.1) is 15.6 Å². The van der Waals surface area contributed by atoms with Gasteiger partial charge in [-0.25, -0.2) is 4.79 Å². The van der Waals surface area contributed by atoms with Crippen LogP contribution >= 0.6 is 47.0 Å². The molecule has 0 unspecified atom stereocenters. The minimum absolute atomic E-state index is 0.0000512. The molecule has 0 bridgehead atoms. The predicted octanol–water partition coefficient (Wildman–Crippen LogP) is 4.24. The molecule has 0 saturated carbocycles. The molecule has 0 aromatic heterocycles. The third-order valence-electron chi connectivity index (χ3n) is 2.96. The van der Waals surface area contributed by atoms with Crippen molar-refractivity contribution in [2.24, 2.45) is 0 Å². The number of carboxylic acids is 1. The first-order valence-electron chi connectivity index (χ1n) is 6.98. The third-order valence-corrected chi connectivity index (χ3v) is 4.01. The van der Waals surface area contributed by atoms with Crippen molar-refractivity contribution in [3.05, 3.63) is 57.0 Å². The number of hydrogen-bond donors (Lipinski definition) is 3. The zero-order valence-electron chi connectivity index (χ0n) is 12.9. The molecule has 0 heterocycles. The summed E-state index contributed by atoms with van der Waals surface area (Å²) < 4.78 is 5.29. The molecule has 3 N–H and O–H groups in total. The monoisotopic (exact) mass is 432 g/mol. The van der Waals surface area contributed by atoms with Gasteiger partial charge in [-0.05, 0) is 48.6 Å². The van der Waals surface area contributed by atoms with Gasteiger partial charge in [0.1, 0.15) is 5.75 Å². The summed E-state index contributed by atoms with van der Waals surface area (Å²) in [6.45, 7) is -0.318. The largest absolute Gasteiger partial charge is 0.482 e. The van der Waals surface area contributed by atoms with Crippen molar-refractivity contribution < 1.29 is 19.4 Å². The van der Waals surface area contributed by atoms with Gasteiger partial charge in [-0.15, -0.1) is 0 Å². The van der Waals surface area contributed by atoms with E-state index >= 15 is 0 Å². The van der Waals surface area contributed by atoms with E-state index in [0.717, 1.165) is 0 Å². The average molecular weight is 434 g/mol. The lowest BCUT2D eigenvalue weighted by Gasteiger charge is -2.11. The fourth-order valence-electron chi connectivity index (χ4n) is 1.83. The first kappa shape index (κ1) is 20.3. The quantitative estimate of drug-likeness (QED) is 0.611. The summed E-state index contributed by atoms with van der Waals surface area (Å²) in [5.74, 6) is -1.35. The molecule has 0 fully saturated rings. The zero-order valence-corrected chi connectivity index (χ0v) is 16.0. The standard InChI is InChI=1S/C16H11Cl3N2O4S/c17-8-1-4-13(12(19)5-8)25-7-14(22)21-16(26)20-9-2-3-10(15(23)24)11(18)6-9/h1-6H,7H2,(H,23,24)(H2,20,21,22,26). The number of carboxylic acid groups (broad SMARTS) is 1. The van der Waals surface area contributed by atoms with E-state index in [1.807, 2.05) is 0 Å². The second-order valence-corrected chi connectivity index (χ2v) is 6.52. The number of ether oxygens (including phenoxy) is 1. The van der Waals surface area contributed by atoms with Crippen molar-refractivity contribution >= 4 is 69.7 Å². The third kappa shape index (κ3) is 5.74. The van der Waals surface area contributed by atoms with E-state index in [4.69, 9.17) is 56.9 Å². The minimum Gasteiger partial charge on any atom is -0.482 e. The fourth-order valence-corrected chi connectivity index (χ4v) is 2.78. The number of thiocarbonyl (C=S) groups is 1. The molecule has 6 nitrogen and oxygen atoms in total. The van der Waals surface area contributed by atoms with Crippen LogP contribution in [-0.2, 0) is 4.79 Å².